The molecule has 2 saturated heterocycles. The van der Waals surface area contributed by atoms with Crippen LogP contribution in [0.2, 0.25) is 0 Å². The number of hydrogen-bond acceptors (Lipinski definition) is 6. The molecule has 0 radical (unpaired) electrons. The predicted octanol–water partition coefficient (Wildman–Crippen LogP) is 0.833. The topological polar surface area (TPSA) is 122 Å². The number of rotatable bonds is 5. The summed E-state index contributed by atoms with van der Waals surface area (Å²) in [6.45, 7) is 6.39. The molecule has 0 aromatic carbocycles. The van der Waals surface area contributed by atoms with Crippen molar-refractivity contribution in [1.82, 2.24) is 5.43 Å². The smallest absolute Gasteiger partial charge is 0.332 e. The van der Waals surface area contributed by atoms with E-state index in [4.69, 9.17) is 19.9 Å². The molecular formula is C17H27N3O5. The number of epoxide rings is 2. The first-order valence-electron chi connectivity index (χ1n) is 8.52. The van der Waals surface area contributed by atoms with Crippen LogP contribution in [-0.4, -0.2) is 59.6 Å². The van der Waals surface area contributed by atoms with Crippen LogP contribution >= 0.6 is 0 Å². The number of nitrogens with zero attached hydrogens (tertiary/aromatic N) is 1. The molecule has 1 spiro atoms. The van der Waals surface area contributed by atoms with Crippen molar-refractivity contribution in [2.75, 3.05) is 13.7 Å². The normalized spacial score (nSPS) is 43.8. The number of allylic oxidation sites excluding steroid dienone is 1. The van der Waals surface area contributed by atoms with Crippen LogP contribution in [0.4, 0.5) is 4.79 Å². The molecule has 1 aliphatic carbocycles. The molecule has 3 fully saturated rings. The Labute approximate surface area is 147 Å². The highest BCUT2D eigenvalue weighted by atomic mass is 16.7. The summed E-state index contributed by atoms with van der Waals surface area (Å²) in [6.07, 6.45) is 3.03. The molecule has 140 valence electrons. The van der Waals surface area contributed by atoms with Crippen molar-refractivity contribution < 1.29 is 24.1 Å². The van der Waals surface area contributed by atoms with Gasteiger partial charge in [0.2, 0.25) is 0 Å². The Kier molecular flexibility index (Phi) is 4.43. The van der Waals surface area contributed by atoms with Gasteiger partial charge in [0.1, 0.15) is 17.3 Å². The van der Waals surface area contributed by atoms with Gasteiger partial charge in [0.05, 0.1) is 18.4 Å². The van der Waals surface area contributed by atoms with Crippen LogP contribution in [0.1, 0.15) is 40.0 Å². The molecule has 4 N–H and O–H groups in total. The second-order valence-corrected chi connectivity index (χ2v) is 7.48. The van der Waals surface area contributed by atoms with Gasteiger partial charge in [-0.1, -0.05) is 11.6 Å². The number of carbonyl (C=O) groups is 1. The monoisotopic (exact) mass is 353 g/mol. The summed E-state index contributed by atoms with van der Waals surface area (Å²) >= 11 is 0. The summed E-state index contributed by atoms with van der Waals surface area (Å²) < 4.78 is 17.3. The maximum absolute atomic E-state index is 11.8. The van der Waals surface area contributed by atoms with Crippen molar-refractivity contribution in [3.63, 3.8) is 0 Å². The minimum Gasteiger partial charge on any atom is -0.380 e. The Hall–Kier alpha value is -1.48. The minimum absolute atomic E-state index is 0.130. The Morgan fingerprint density at radius 1 is 1.56 bits per heavy atom. The van der Waals surface area contributed by atoms with E-state index in [1.54, 1.807) is 0 Å². The van der Waals surface area contributed by atoms with Crippen molar-refractivity contribution >= 4 is 11.7 Å². The third kappa shape index (κ3) is 2.77. The number of nitrogens with two attached hydrogens (primary N) is 1. The van der Waals surface area contributed by atoms with Crippen LogP contribution in [0.5, 0.6) is 0 Å². The second-order valence-electron chi connectivity index (χ2n) is 7.48. The van der Waals surface area contributed by atoms with Crippen LogP contribution in [0.15, 0.2) is 16.8 Å². The number of hydrogen-bond donors (Lipinski definition) is 3. The Morgan fingerprint density at radius 3 is 2.76 bits per heavy atom. The molecule has 0 aromatic heterocycles. The number of amides is 2. The lowest BCUT2D eigenvalue weighted by molar-refractivity contribution is -0.160. The van der Waals surface area contributed by atoms with Crippen LogP contribution in [0.3, 0.4) is 0 Å². The number of aliphatic hydroxyl groups is 1. The van der Waals surface area contributed by atoms with Gasteiger partial charge in [0.25, 0.3) is 0 Å². The lowest BCUT2D eigenvalue weighted by atomic mass is 9.64. The molecule has 2 aliphatic heterocycles. The summed E-state index contributed by atoms with van der Waals surface area (Å²) in [5.41, 5.74) is 6.15. The Balaban J connectivity index is 1.91. The van der Waals surface area contributed by atoms with Gasteiger partial charge in [-0.05, 0) is 40.0 Å². The van der Waals surface area contributed by atoms with Crippen LogP contribution in [0.25, 0.3) is 0 Å². The van der Waals surface area contributed by atoms with E-state index in [2.05, 4.69) is 16.6 Å². The molecule has 0 bridgehead atoms. The molecule has 8 heteroatoms. The van der Waals surface area contributed by atoms with Gasteiger partial charge >= 0.3 is 6.03 Å². The van der Waals surface area contributed by atoms with E-state index in [-0.39, 0.29) is 6.10 Å². The summed E-state index contributed by atoms with van der Waals surface area (Å²) in [4.78, 5) is 11.0. The van der Waals surface area contributed by atoms with Crippen LogP contribution in [-0.2, 0) is 14.2 Å². The van der Waals surface area contributed by atoms with Gasteiger partial charge in [0, 0.05) is 7.11 Å². The van der Waals surface area contributed by atoms with Crippen molar-refractivity contribution in [3.05, 3.63) is 11.6 Å². The number of methoxy groups -OCH3 is 1. The minimum atomic E-state index is -1.40. The number of hydrazone groups is 1. The highest BCUT2D eigenvalue weighted by molar-refractivity contribution is 5.92. The molecule has 1 saturated carbocycles. The van der Waals surface area contributed by atoms with E-state index in [9.17, 15) is 9.90 Å². The first kappa shape index (κ1) is 18.3. The van der Waals surface area contributed by atoms with Gasteiger partial charge in [-0.3, -0.25) is 0 Å². The SMILES string of the molecule is CO[C@@H]1C(=NNC(N)=O)CC[C@]2(CO2)[C@@]1(O)[C@@]1(C)O[C@@H]1CC=C(C)C. The van der Waals surface area contributed by atoms with Gasteiger partial charge in [-0.15, -0.1) is 0 Å². The number of urea groups is 1. The van der Waals surface area contributed by atoms with E-state index in [0.717, 1.165) is 0 Å². The lowest BCUT2D eigenvalue weighted by Gasteiger charge is -2.46. The Morgan fingerprint density at radius 2 is 2.24 bits per heavy atom. The first-order chi connectivity index (χ1) is 11.7. The number of primary amides is 1. The highest BCUT2D eigenvalue weighted by Gasteiger charge is 2.81. The molecule has 3 aliphatic rings. The summed E-state index contributed by atoms with van der Waals surface area (Å²) in [6, 6.07) is -0.760. The fraction of sp³-hybridized carbons (Fsp3) is 0.765. The zero-order valence-corrected chi connectivity index (χ0v) is 15.2. The first-order valence-corrected chi connectivity index (χ1v) is 8.52. The fourth-order valence-corrected chi connectivity index (χ4v) is 4.06. The van der Waals surface area contributed by atoms with E-state index in [1.807, 2.05) is 20.8 Å². The van der Waals surface area contributed by atoms with Gasteiger partial charge in [-0.25, -0.2) is 10.2 Å². The van der Waals surface area contributed by atoms with Crippen molar-refractivity contribution in [1.29, 1.82) is 0 Å². The van der Waals surface area contributed by atoms with Crippen molar-refractivity contribution in [2.24, 2.45) is 10.8 Å². The third-order valence-corrected chi connectivity index (χ3v) is 5.64. The van der Waals surface area contributed by atoms with E-state index in [0.29, 0.717) is 31.6 Å². The molecule has 5 atom stereocenters. The zero-order valence-electron chi connectivity index (χ0n) is 15.2. The Bertz CT molecular complexity index is 626. The number of carbonyl (C=O) groups excluding carboxylic acids is 1. The fourth-order valence-electron chi connectivity index (χ4n) is 4.06. The average Bonchev–Trinajstić information content (AvgIpc) is 3.44. The highest BCUT2D eigenvalue weighted by Crippen LogP contribution is 2.61. The zero-order chi connectivity index (χ0) is 18.5. The maximum Gasteiger partial charge on any atom is 0.332 e. The second kappa shape index (κ2) is 6.05. The van der Waals surface area contributed by atoms with Crippen molar-refractivity contribution in [2.45, 2.75) is 69.0 Å². The summed E-state index contributed by atoms with van der Waals surface area (Å²) in [7, 11) is 1.51. The van der Waals surface area contributed by atoms with Gasteiger partial charge < -0.3 is 25.1 Å². The van der Waals surface area contributed by atoms with Crippen LogP contribution < -0.4 is 11.2 Å². The molecule has 0 unspecified atom stereocenters. The molecular weight excluding hydrogens is 326 g/mol. The molecule has 3 rings (SSSR count). The number of ether oxygens (including phenoxy) is 3. The molecule has 2 heterocycles. The quantitative estimate of drug-likeness (QED) is 0.384. The number of nitrogens with one attached hydrogen (secondary N) is 1. The summed E-state index contributed by atoms with van der Waals surface area (Å²) in [5, 5.41) is 15.8. The van der Waals surface area contributed by atoms with E-state index >= 15 is 0 Å². The molecule has 8 nitrogen and oxygen atoms in total. The summed E-state index contributed by atoms with van der Waals surface area (Å²) in [5.74, 6) is 0. The molecule has 2 amide bonds. The van der Waals surface area contributed by atoms with Gasteiger partial charge in [-0.2, -0.15) is 5.10 Å². The van der Waals surface area contributed by atoms with Crippen LogP contribution in [0, 0.1) is 0 Å². The van der Waals surface area contributed by atoms with Gasteiger partial charge in [0.15, 0.2) is 5.60 Å². The lowest BCUT2D eigenvalue weighted by Crippen LogP contribution is -2.69. The van der Waals surface area contributed by atoms with Crippen molar-refractivity contribution in [3.8, 4) is 0 Å². The predicted molar refractivity (Wildman–Crippen MR) is 91.1 cm³/mol. The maximum atomic E-state index is 11.8. The largest absolute Gasteiger partial charge is 0.380 e. The van der Waals surface area contributed by atoms with E-state index in [1.165, 1.54) is 12.7 Å². The standard InChI is InChI=1S/C17H27N3O5/c1-10(2)5-6-12-15(3,25-12)17(22)13(23-4)11(19-20-14(18)21)7-8-16(17)9-24-16/h5,12-13,22H,6-9H2,1-4H3,(H3,18,20,21)/t12-,13-,15+,16+,17+/m1/s1. The third-order valence-electron chi connectivity index (χ3n) is 5.64. The van der Waals surface area contributed by atoms with E-state index < -0.39 is 28.9 Å². The average molecular weight is 353 g/mol. The molecule has 0 aromatic rings. The molecule has 25 heavy (non-hydrogen) atoms.